The normalized spacial score (nSPS) is 13.2. The van der Waals surface area contributed by atoms with Crippen molar-refractivity contribution < 1.29 is 9.84 Å². The number of thiazole rings is 1. The summed E-state index contributed by atoms with van der Waals surface area (Å²) in [4.78, 5) is 4.63. The second kappa shape index (κ2) is 6.46. The lowest BCUT2D eigenvalue weighted by Gasteiger charge is -2.15. The Bertz CT molecular complexity index is 619. The summed E-state index contributed by atoms with van der Waals surface area (Å²) in [6.45, 7) is 6.42. The average molecular weight is 370 g/mol. The molecule has 0 aliphatic carbocycles. The van der Waals surface area contributed by atoms with Crippen molar-refractivity contribution in [1.29, 1.82) is 0 Å². The van der Waals surface area contributed by atoms with Gasteiger partial charge in [0.25, 0.3) is 0 Å². The number of ether oxygens (including phenoxy) is 1. The Morgan fingerprint density at radius 1 is 1.38 bits per heavy atom. The zero-order chi connectivity index (χ0) is 15.6. The summed E-state index contributed by atoms with van der Waals surface area (Å²) >= 11 is 5.02. The zero-order valence-corrected chi connectivity index (χ0v) is 15.1. The van der Waals surface area contributed by atoms with Crippen LogP contribution in [0, 0.1) is 0 Å². The molecule has 0 fully saturated rings. The molecule has 3 nitrogen and oxygen atoms in total. The van der Waals surface area contributed by atoms with Gasteiger partial charge in [-0.15, -0.1) is 11.3 Å². The number of halogens is 1. The van der Waals surface area contributed by atoms with Gasteiger partial charge in [-0.2, -0.15) is 0 Å². The monoisotopic (exact) mass is 369 g/mol. The molecule has 5 heteroatoms. The van der Waals surface area contributed by atoms with Crippen LogP contribution in [0.15, 0.2) is 28.1 Å². The van der Waals surface area contributed by atoms with Crippen molar-refractivity contribution in [2.24, 2.45) is 0 Å². The second-order valence-electron chi connectivity index (χ2n) is 5.98. The summed E-state index contributed by atoms with van der Waals surface area (Å²) in [6, 6.07) is 5.64. The molecule has 0 aliphatic heterocycles. The van der Waals surface area contributed by atoms with Gasteiger partial charge in [0.2, 0.25) is 0 Å². The highest BCUT2D eigenvalue weighted by molar-refractivity contribution is 9.10. The number of hydrogen-bond donors (Lipinski definition) is 1. The molecule has 1 aromatic carbocycles. The van der Waals surface area contributed by atoms with Gasteiger partial charge in [-0.25, -0.2) is 4.98 Å². The minimum atomic E-state index is -0.628. The van der Waals surface area contributed by atoms with Crippen LogP contribution in [0.3, 0.4) is 0 Å². The molecule has 0 spiro atoms. The van der Waals surface area contributed by atoms with Gasteiger partial charge in [-0.1, -0.05) is 36.7 Å². The molecule has 1 atom stereocenters. The zero-order valence-electron chi connectivity index (χ0n) is 12.7. The third kappa shape index (κ3) is 4.05. The molecule has 0 aliphatic rings. The number of rotatable bonds is 4. The maximum Gasteiger partial charge on any atom is 0.124 e. The summed E-state index contributed by atoms with van der Waals surface area (Å²) in [6.07, 6.45) is -0.135. The van der Waals surface area contributed by atoms with E-state index >= 15 is 0 Å². The molecule has 21 heavy (non-hydrogen) atoms. The molecule has 1 heterocycles. The molecule has 1 unspecified atom stereocenters. The first-order valence-corrected chi connectivity index (χ1v) is 8.45. The van der Waals surface area contributed by atoms with Crippen molar-refractivity contribution in [3.63, 3.8) is 0 Å². The minimum absolute atomic E-state index is 0.0349. The lowest BCUT2D eigenvalue weighted by Crippen LogP contribution is -2.12. The largest absolute Gasteiger partial charge is 0.496 e. The first kappa shape index (κ1) is 16.5. The topological polar surface area (TPSA) is 42.4 Å². The first-order valence-electron chi connectivity index (χ1n) is 6.77. The standard InChI is InChI=1S/C16H20BrNO2S/c1-16(2,3)14-9-21-15(18-14)8-12(19)11-7-10(17)5-6-13(11)20-4/h5-7,9,12,19H,8H2,1-4H3. The molecular weight excluding hydrogens is 350 g/mol. The minimum Gasteiger partial charge on any atom is -0.496 e. The molecule has 2 aromatic rings. The van der Waals surface area contributed by atoms with Crippen LogP contribution in [0.5, 0.6) is 5.75 Å². The Balaban J connectivity index is 2.20. The van der Waals surface area contributed by atoms with Gasteiger partial charge in [0.1, 0.15) is 5.75 Å². The van der Waals surface area contributed by atoms with E-state index in [4.69, 9.17) is 4.74 Å². The molecule has 1 N–H and O–H groups in total. The van der Waals surface area contributed by atoms with Crippen molar-refractivity contribution in [2.75, 3.05) is 7.11 Å². The molecule has 0 amide bonds. The summed E-state index contributed by atoms with van der Waals surface area (Å²) in [7, 11) is 1.61. The molecule has 114 valence electrons. The smallest absolute Gasteiger partial charge is 0.124 e. The van der Waals surface area contributed by atoms with Crippen molar-refractivity contribution >= 4 is 27.3 Å². The predicted octanol–water partition coefficient (Wildman–Crippen LogP) is 4.49. The van der Waals surface area contributed by atoms with Crippen molar-refractivity contribution in [2.45, 2.75) is 38.7 Å². The third-order valence-corrected chi connectivity index (χ3v) is 4.60. The maximum absolute atomic E-state index is 10.5. The highest BCUT2D eigenvalue weighted by Crippen LogP contribution is 2.32. The highest BCUT2D eigenvalue weighted by Gasteiger charge is 2.20. The SMILES string of the molecule is COc1ccc(Br)cc1C(O)Cc1nc(C(C)(C)C)cs1. The highest BCUT2D eigenvalue weighted by atomic mass is 79.9. The van der Waals surface area contributed by atoms with Gasteiger partial charge in [-0.05, 0) is 18.2 Å². The summed E-state index contributed by atoms with van der Waals surface area (Å²) < 4.78 is 6.24. The fourth-order valence-corrected chi connectivity index (χ4v) is 3.43. The van der Waals surface area contributed by atoms with Crippen molar-refractivity contribution in [1.82, 2.24) is 4.98 Å². The van der Waals surface area contributed by atoms with Gasteiger partial charge in [0.05, 0.1) is 23.9 Å². The maximum atomic E-state index is 10.5. The van der Waals surface area contributed by atoms with Gasteiger partial charge in [-0.3, -0.25) is 0 Å². The Morgan fingerprint density at radius 3 is 2.67 bits per heavy atom. The Hall–Kier alpha value is -0.910. The van der Waals surface area contributed by atoms with E-state index < -0.39 is 6.10 Å². The molecule has 0 bridgehead atoms. The van der Waals surface area contributed by atoms with Gasteiger partial charge >= 0.3 is 0 Å². The molecule has 1 aromatic heterocycles. The van der Waals surface area contributed by atoms with E-state index in [1.807, 2.05) is 18.2 Å². The van der Waals surface area contributed by atoms with Crippen LogP contribution in [-0.2, 0) is 11.8 Å². The number of benzene rings is 1. The molecule has 2 rings (SSSR count). The molecule has 0 radical (unpaired) electrons. The van der Waals surface area contributed by atoms with E-state index in [1.54, 1.807) is 18.4 Å². The number of nitrogens with zero attached hydrogens (tertiary/aromatic N) is 1. The predicted molar refractivity (Wildman–Crippen MR) is 90.2 cm³/mol. The number of aliphatic hydroxyl groups excluding tert-OH is 1. The number of aromatic nitrogens is 1. The summed E-state index contributed by atoms with van der Waals surface area (Å²) in [5.74, 6) is 0.693. The van der Waals surface area contributed by atoms with Crippen LogP contribution in [0.4, 0.5) is 0 Å². The fourth-order valence-electron chi connectivity index (χ4n) is 1.99. The van der Waals surface area contributed by atoms with Crippen LogP contribution in [-0.4, -0.2) is 17.2 Å². The average Bonchev–Trinajstić information content (AvgIpc) is 2.87. The van der Waals surface area contributed by atoms with Crippen molar-refractivity contribution in [3.8, 4) is 5.75 Å². The van der Waals surface area contributed by atoms with Crippen LogP contribution < -0.4 is 4.74 Å². The van der Waals surface area contributed by atoms with E-state index in [2.05, 4.69) is 47.1 Å². The second-order valence-corrected chi connectivity index (χ2v) is 7.84. The fraction of sp³-hybridized carbons (Fsp3) is 0.438. The lowest BCUT2D eigenvalue weighted by molar-refractivity contribution is 0.173. The number of aliphatic hydroxyl groups is 1. The van der Waals surface area contributed by atoms with Crippen LogP contribution >= 0.6 is 27.3 Å². The van der Waals surface area contributed by atoms with Crippen LogP contribution in [0.2, 0.25) is 0 Å². The Kier molecular flexibility index (Phi) is 5.07. The van der Waals surface area contributed by atoms with E-state index in [1.165, 1.54) is 0 Å². The van der Waals surface area contributed by atoms with E-state index in [-0.39, 0.29) is 5.41 Å². The van der Waals surface area contributed by atoms with E-state index in [0.29, 0.717) is 12.2 Å². The Morgan fingerprint density at radius 2 is 2.10 bits per heavy atom. The summed E-state index contributed by atoms with van der Waals surface area (Å²) in [5.41, 5.74) is 1.88. The third-order valence-electron chi connectivity index (χ3n) is 3.24. The van der Waals surface area contributed by atoms with Gasteiger partial charge in [0.15, 0.2) is 0 Å². The number of hydrogen-bond acceptors (Lipinski definition) is 4. The molecular formula is C16H20BrNO2S. The first-order chi connectivity index (χ1) is 9.81. The van der Waals surface area contributed by atoms with Gasteiger partial charge in [0, 0.05) is 27.3 Å². The molecule has 0 saturated carbocycles. The lowest BCUT2D eigenvalue weighted by atomic mass is 9.93. The van der Waals surface area contributed by atoms with E-state index in [0.717, 1.165) is 20.7 Å². The van der Waals surface area contributed by atoms with Crippen molar-refractivity contribution in [3.05, 3.63) is 44.3 Å². The molecule has 0 saturated heterocycles. The number of methoxy groups -OCH3 is 1. The van der Waals surface area contributed by atoms with Gasteiger partial charge < -0.3 is 9.84 Å². The summed E-state index contributed by atoms with van der Waals surface area (Å²) in [5, 5.41) is 13.5. The quantitative estimate of drug-likeness (QED) is 0.863. The van der Waals surface area contributed by atoms with E-state index in [9.17, 15) is 5.11 Å². The van der Waals surface area contributed by atoms with Crippen LogP contribution in [0.1, 0.15) is 43.1 Å². The Labute approximate surface area is 138 Å². The van der Waals surface area contributed by atoms with Crippen LogP contribution in [0.25, 0.3) is 0 Å².